The molecule has 0 saturated heterocycles. The summed E-state index contributed by atoms with van der Waals surface area (Å²) < 4.78 is 2.08. The average molecular weight is 336 g/mol. The topological polar surface area (TPSA) is 43.6 Å². The van der Waals surface area contributed by atoms with Gasteiger partial charge in [-0.25, -0.2) is 0 Å². The summed E-state index contributed by atoms with van der Waals surface area (Å²) in [6.07, 6.45) is 8.52. The first-order valence-electron chi connectivity index (χ1n) is 8.37. The molecule has 0 fully saturated rings. The number of thioether (sulfide) groups is 1. The summed E-state index contributed by atoms with van der Waals surface area (Å²) in [5.41, 5.74) is 3.95. The van der Waals surface area contributed by atoms with Crippen molar-refractivity contribution in [1.29, 1.82) is 0 Å². The fraction of sp³-hybridized carbons (Fsp3) is 0.316. The van der Waals surface area contributed by atoms with Crippen LogP contribution in [0.1, 0.15) is 35.6 Å². The zero-order chi connectivity index (χ0) is 16.4. The van der Waals surface area contributed by atoms with E-state index in [4.69, 9.17) is 0 Å². The summed E-state index contributed by atoms with van der Waals surface area (Å²) in [5, 5.41) is 10.2. The second-order valence-electron chi connectivity index (χ2n) is 6.16. The van der Waals surface area contributed by atoms with Crippen molar-refractivity contribution in [3.8, 4) is 11.4 Å². The standard InChI is InChI=1S/C19H20N4S/c1-23-18(15-9-6-12-20-13-15)21-22-19(23)24-17-11-5-3-8-14-7-2-4-10-16(14)17/h2,4,6-7,9-10,12-13,17H,3,5,8,11H2,1H3/t17-/m0/s1. The number of aryl methyl sites for hydroxylation is 1. The maximum Gasteiger partial charge on any atom is 0.191 e. The van der Waals surface area contributed by atoms with Crippen molar-refractivity contribution < 1.29 is 0 Å². The molecule has 0 radical (unpaired) electrons. The number of pyridine rings is 1. The lowest BCUT2D eigenvalue weighted by Gasteiger charge is -2.16. The minimum atomic E-state index is 0.452. The molecule has 2 heterocycles. The molecule has 1 aliphatic carbocycles. The van der Waals surface area contributed by atoms with Crippen molar-refractivity contribution in [1.82, 2.24) is 19.7 Å². The van der Waals surface area contributed by atoms with Crippen LogP contribution >= 0.6 is 11.8 Å². The minimum absolute atomic E-state index is 0.452. The lowest BCUT2D eigenvalue weighted by atomic mass is 10.0. The van der Waals surface area contributed by atoms with E-state index in [-0.39, 0.29) is 0 Å². The molecule has 0 amide bonds. The van der Waals surface area contributed by atoms with Gasteiger partial charge in [-0.05, 0) is 42.5 Å². The van der Waals surface area contributed by atoms with Gasteiger partial charge >= 0.3 is 0 Å². The van der Waals surface area contributed by atoms with Gasteiger partial charge in [0.05, 0.1) is 0 Å². The molecule has 0 spiro atoms. The highest BCUT2D eigenvalue weighted by Gasteiger charge is 2.22. The van der Waals surface area contributed by atoms with Gasteiger partial charge in [-0.15, -0.1) is 10.2 Å². The zero-order valence-corrected chi connectivity index (χ0v) is 14.5. The second-order valence-corrected chi connectivity index (χ2v) is 7.33. The summed E-state index contributed by atoms with van der Waals surface area (Å²) in [5.74, 6) is 0.868. The molecule has 2 aromatic heterocycles. The van der Waals surface area contributed by atoms with E-state index in [1.165, 1.54) is 36.8 Å². The normalized spacial score (nSPS) is 17.3. The maximum atomic E-state index is 4.44. The Morgan fingerprint density at radius 3 is 2.88 bits per heavy atom. The molecule has 1 aromatic carbocycles. The summed E-state index contributed by atoms with van der Waals surface area (Å²) in [4.78, 5) is 4.18. The molecule has 4 rings (SSSR count). The van der Waals surface area contributed by atoms with E-state index >= 15 is 0 Å². The maximum absolute atomic E-state index is 4.44. The van der Waals surface area contributed by atoms with Gasteiger partial charge in [0, 0.05) is 30.3 Å². The van der Waals surface area contributed by atoms with Gasteiger partial charge in [0.25, 0.3) is 0 Å². The fourth-order valence-electron chi connectivity index (χ4n) is 3.29. The predicted molar refractivity (Wildman–Crippen MR) is 96.8 cm³/mol. The third-order valence-corrected chi connectivity index (χ3v) is 5.91. The van der Waals surface area contributed by atoms with Crippen molar-refractivity contribution in [2.24, 2.45) is 7.05 Å². The Kier molecular flexibility index (Phi) is 4.34. The number of rotatable bonds is 3. The van der Waals surface area contributed by atoms with Crippen molar-refractivity contribution in [2.45, 2.75) is 36.1 Å². The summed E-state index contributed by atoms with van der Waals surface area (Å²) in [6.45, 7) is 0. The van der Waals surface area contributed by atoms with Gasteiger partial charge in [0.1, 0.15) is 0 Å². The zero-order valence-electron chi connectivity index (χ0n) is 13.7. The van der Waals surface area contributed by atoms with Crippen LogP contribution < -0.4 is 0 Å². The van der Waals surface area contributed by atoms with Crippen LogP contribution in [0.15, 0.2) is 53.9 Å². The summed E-state index contributed by atoms with van der Waals surface area (Å²) in [7, 11) is 2.03. The number of nitrogens with zero attached hydrogens (tertiary/aromatic N) is 4. The van der Waals surface area contributed by atoms with Gasteiger partial charge in [0.2, 0.25) is 0 Å². The van der Waals surface area contributed by atoms with E-state index in [9.17, 15) is 0 Å². The largest absolute Gasteiger partial charge is 0.305 e. The van der Waals surface area contributed by atoms with Crippen LogP contribution in [0.4, 0.5) is 0 Å². The van der Waals surface area contributed by atoms with Crippen LogP contribution in [0, 0.1) is 0 Å². The molecule has 5 heteroatoms. The molecule has 24 heavy (non-hydrogen) atoms. The quantitative estimate of drug-likeness (QED) is 0.663. The molecular formula is C19H20N4S. The van der Waals surface area contributed by atoms with Crippen molar-refractivity contribution >= 4 is 11.8 Å². The highest BCUT2D eigenvalue weighted by molar-refractivity contribution is 7.99. The molecular weight excluding hydrogens is 316 g/mol. The molecule has 3 aromatic rings. The Morgan fingerprint density at radius 1 is 1.08 bits per heavy atom. The number of aromatic nitrogens is 4. The summed E-state index contributed by atoms with van der Waals surface area (Å²) >= 11 is 1.83. The molecule has 0 saturated carbocycles. The van der Waals surface area contributed by atoms with Gasteiger partial charge < -0.3 is 4.57 Å². The Hall–Kier alpha value is -2.14. The van der Waals surface area contributed by atoms with Crippen LogP contribution in [-0.2, 0) is 13.5 Å². The van der Waals surface area contributed by atoms with Crippen LogP contribution in [0.5, 0.6) is 0 Å². The first-order chi connectivity index (χ1) is 11.8. The number of hydrogen-bond donors (Lipinski definition) is 0. The van der Waals surface area contributed by atoms with Gasteiger partial charge in [-0.2, -0.15) is 0 Å². The van der Waals surface area contributed by atoms with E-state index < -0.39 is 0 Å². The average Bonchev–Trinajstić information content (AvgIpc) is 2.86. The van der Waals surface area contributed by atoms with Gasteiger partial charge in [0.15, 0.2) is 11.0 Å². The van der Waals surface area contributed by atoms with Crippen molar-refractivity contribution in [3.63, 3.8) is 0 Å². The Balaban J connectivity index is 1.64. The third-order valence-electron chi connectivity index (χ3n) is 4.57. The lowest BCUT2D eigenvalue weighted by molar-refractivity contribution is 0.699. The van der Waals surface area contributed by atoms with E-state index in [0.29, 0.717) is 5.25 Å². The molecule has 1 aliphatic rings. The molecule has 122 valence electrons. The van der Waals surface area contributed by atoms with E-state index in [1.54, 1.807) is 6.20 Å². The first kappa shape index (κ1) is 15.4. The SMILES string of the molecule is Cn1c(S[C@H]2CCCCc3ccccc32)nnc1-c1cccnc1. The first-order valence-corrected chi connectivity index (χ1v) is 9.25. The van der Waals surface area contributed by atoms with Crippen LogP contribution in [0.3, 0.4) is 0 Å². The molecule has 0 bridgehead atoms. The number of fused-ring (bicyclic) bond motifs is 1. The van der Waals surface area contributed by atoms with Crippen LogP contribution in [-0.4, -0.2) is 19.7 Å². The molecule has 1 atom stereocenters. The molecule has 0 N–H and O–H groups in total. The van der Waals surface area contributed by atoms with Crippen LogP contribution in [0.2, 0.25) is 0 Å². The lowest BCUT2D eigenvalue weighted by Crippen LogP contribution is -2.00. The Bertz CT molecular complexity index is 828. The number of hydrogen-bond acceptors (Lipinski definition) is 4. The fourth-order valence-corrected chi connectivity index (χ4v) is 4.52. The number of benzene rings is 1. The minimum Gasteiger partial charge on any atom is -0.305 e. The Morgan fingerprint density at radius 2 is 2.00 bits per heavy atom. The molecule has 0 unspecified atom stereocenters. The predicted octanol–water partition coefficient (Wildman–Crippen LogP) is 4.44. The monoisotopic (exact) mass is 336 g/mol. The summed E-state index contributed by atoms with van der Waals surface area (Å²) in [6, 6.07) is 12.8. The van der Waals surface area contributed by atoms with E-state index in [1.807, 2.05) is 37.1 Å². The van der Waals surface area contributed by atoms with Crippen molar-refractivity contribution in [2.75, 3.05) is 0 Å². The van der Waals surface area contributed by atoms with Crippen LogP contribution in [0.25, 0.3) is 11.4 Å². The molecule has 0 aliphatic heterocycles. The second kappa shape index (κ2) is 6.77. The van der Waals surface area contributed by atoms with Gasteiger partial charge in [-0.3, -0.25) is 4.98 Å². The highest BCUT2D eigenvalue weighted by Crippen LogP contribution is 2.42. The van der Waals surface area contributed by atoms with Gasteiger partial charge in [-0.1, -0.05) is 42.4 Å². The Labute approximate surface area is 146 Å². The van der Waals surface area contributed by atoms with Crippen molar-refractivity contribution in [3.05, 3.63) is 59.9 Å². The van der Waals surface area contributed by atoms with E-state index in [2.05, 4.69) is 44.0 Å². The highest BCUT2D eigenvalue weighted by atomic mass is 32.2. The third kappa shape index (κ3) is 2.96. The smallest absolute Gasteiger partial charge is 0.191 e. The van der Waals surface area contributed by atoms with E-state index in [0.717, 1.165) is 16.5 Å². The molecule has 4 nitrogen and oxygen atoms in total.